The maximum atomic E-state index is 4.67. The topological polar surface area (TPSA) is 27.6 Å². The summed E-state index contributed by atoms with van der Waals surface area (Å²) in [6.45, 7) is 18.2. The molecule has 2 atom stereocenters. The van der Waals surface area contributed by atoms with Gasteiger partial charge in [-0.2, -0.15) is 0 Å². The fourth-order valence-corrected chi connectivity index (χ4v) is 4.20. The van der Waals surface area contributed by atoms with Crippen molar-refractivity contribution < 1.29 is 0 Å². The number of thioether (sulfide) groups is 1. The van der Waals surface area contributed by atoms with Crippen molar-refractivity contribution in [1.82, 2.24) is 10.2 Å². The van der Waals surface area contributed by atoms with Crippen LogP contribution in [-0.4, -0.2) is 47.5 Å². The highest BCUT2D eigenvalue weighted by Crippen LogP contribution is 2.31. The fourth-order valence-electron chi connectivity index (χ4n) is 2.73. The lowest BCUT2D eigenvalue weighted by molar-refractivity contribution is 0.293. The van der Waals surface area contributed by atoms with Crippen LogP contribution in [0.5, 0.6) is 0 Å². The molecule has 0 amide bonds. The smallest absolute Gasteiger partial charge is 0.157 e. The molecule has 4 heteroatoms. The van der Waals surface area contributed by atoms with E-state index in [4.69, 9.17) is 0 Å². The van der Waals surface area contributed by atoms with Crippen LogP contribution in [0.1, 0.15) is 60.8 Å². The monoisotopic (exact) mass is 313 g/mol. The molecule has 21 heavy (non-hydrogen) atoms. The summed E-state index contributed by atoms with van der Waals surface area (Å²) < 4.78 is 0. The van der Waals surface area contributed by atoms with E-state index >= 15 is 0 Å². The second-order valence-corrected chi connectivity index (χ2v) is 8.65. The van der Waals surface area contributed by atoms with E-state index in [9.17, 15) is 0 Å². The van der Waals surface area contributed by atoms with Crippen molar-refractivity contribution in [2.24, 2.45) is 10.4 Å². The van der Waals surface area contributed by atoms with Crippen LogP contribution in [0.4, 0.5) is 0 Å². The van der Waals surface area contributed by atoms with Crippen molar-refractivity contribution in [3.05, 3.63) is 0 Å². The van der Waals surface area contributed by atoms with Gasteiger partial charge >= 0.3 is 0 Å². The van der Waals surface area contributed by atoms with Crippen LogP contribution >= 0.6 is 11.8 Å². The average Bonchev–Trinajstić information content (AvgIpc) is 2.79. The molecular formula is C17H35N3S. The van der Waals surface area contributed by atoms with Gasteiger partial charge in [-0.3, -0.25) is 4.99 Å². The van der Waals surface area contributed by atoms with Crippen LogP contribution in [-0.2, 0) is 0 Å². The van der Waals surface area contributed by atoms with Gasteiger partial charge in [0.25, 0.3) is 0 Å². The molecule has 0 bridgehead atoms. The quantitative estimate of drug-likeness (QED) is 0.734. The van der Waals surface area contributed by atoms with E-state index in [-0.39, 0.29) is 0 Å². The molecule has 1 heterocycles. The number of hydrogen-bond donors (Lipinski definition) is 1. The van der Waals surface area contributed by atoms with Gasteiger partial charge in [-0.1, -0.05) is 46.4 Å². The van der Waals surface area contributed by atoms with Gasteiger partial charge in [-0.15, -0.1) is 0 Å². The highest BCUT2D eigenvalue weighted by Gasteiger charge is 2.25. The molecule has 0 aromatic heterocycles. The third-order valence-electron chi connectivity index (χ3n) is 3.93. The molecule has 0 fully saturated rings. The average molecular weight is 314 g/mol. The molecule has 0 aromatic rings. The minimum atomic E-state index is 0.401. The lowest BCUT2D eigenvalue weighted by atomic mass is 9.90. The minimum absolute atomic E-state index is 0.401. The largest absolute Gasteiger partial charge is 0.362 e. The molecule has 1 N–H and O–H groups in total. The molecule has 1 aliphatic heterocycles. The van der Waals surface area contributed by atoms with E-state index in [2.05, 4.69) is 56.8 Å². The Labute approximate surface area is 136 Å². The molecule has 124 valence electrons. The van der Waals surface area contributed by atoms with Crippen molar-refractivity contribution in [3.63, 3.8) is 0 Å². The zero-order chi connectivity index (χ0) is 15.9. The van der Waals surface area contributed by atoms with Gasteiger partial charge in [0.2, 0.25) is 0 Å². The second-order valence-electron chi connectivity index (χ2n) is 7.36. The van der Waals surface area contributed by atoms with Gasteiger partial charge in [0, 0.05) is 11.3 Å². The van der Waals surface area contributed by atoms with Crippen molar-refractivity contribution >= 4 is 16.9 Å². The number of rotatable bonds is 8. The standard InChI is InChI=1S/C17H35N3S/c1-7-20(8-2)11-9-10-14(3)19-16-18-13-15(21-16)12-17(4,5)6/h14-15H,7-13H2,1-6H3,(H,18,19). The number of aliphatic imine (C=N–C) groups is 1. The lowest BCUT2D eigenvalue weighted by Crippen LogP contribution is -2.31. The van der Waals surface area contributed by atoms with E-state index in [1.54, 1.807) is 0 Å². The van der Waals surface area contributed by atoms with E-state index in [0.717, 1.165) is 19.6 Å². The maximum absolute atomic E-state index is 4.67. The summed E-state index contributed by atoms with van der Waals surface area (Å²) in [6.07, 6.45) is 3.72. The highest BCUT2D eigenvalue weighted by molar-refractivity contribution is 8.14. The van der Waals surface area contributed by atoms with Crippen molar-refractivity contribution in [2.75, 3.05) is 26.2 Å². The molecule has 0 radical (unpaired) electrons. The Morgan fingerprint density at radius 1 is 1.33 bits per heavy atom. The Balaban J connectivity index is 2.19. The van der Waals surface area contributed by atoms with Gasteiger partial charge in [0.1, 0.15) is 0 Å². The second kappa shape index (κ2) is 9.04. The van der Waals surface area contributed by atoms with Crippen LogP contribution < -0.4 is 5.32 Å². The van der Waals surface area contributed by atoms with Crippen LogP contribution in [0.15, 0.2) is 4.99 Å². The van der Waals surface area contributed by atoms with Gasteiger partial charge in [-0.25, -0.2) is 0 Å². The molecule has 0 spiro atoms. The van der Waals surface area contributed by atoms with Crippen molar-refractivity contribution in [2.45, 2.75) is 72.1 Å². The summed E-state index contributed by atoms with van der Waals surface area (Å²) in [6, 6.07) is 0.528. The van der Waals surface area contributed by atoms with Crippen molar-refractivity contribution in [1.29, 1.82) is 0 Å². The van der Waals surface area contributed by atoms with E-state index < -0.39 is 0 Å². The molecule has 1 rings (SSSR count). The maximum Gasteiger partial charge on any atom is 0.157 e. The molecule has 1 aliphatic rings. The molecule has 0 saturated carbocycles. The van der Waals surface area contributed by atoms with E-state index in [1.807, 2.05) is 11.8 Å². The fraction of sp³-hybridized carbons (Fsp3) is 0.941. The summed E-state index contributed by atoms with van der Waals surface area (Å²) in [4.78, 5) is 7.17. The minimum Gasteiger partial charge on any atom is -0.362 e. The van der Waals surface area contributed by atoms with Crippen LogP contribution in [0.3, 0.4) is 0 Å². The Kier molecular flexibility index (Phi) is 8.10. The summed E-state index contributed by atoms with van der Waals surface area (Å²) in [5, 5.41) is 5.43. The SMILES string of the molecule is CCN(CC)CCCC(C)NC1=NCC(CC(C)(C)C)S1. The predicted octanol–water partition coefficient (Wildman–Crippen LogP) is 3.99. The molecule has 0 aromatic carbocycles. The first kappa shape index (κ1) is 18.8. The first-order valence-corrected chi connectivity index (χ1v) is 9.42. The first-order valence-electron chi connectivity index (χ1n) is 8.54. The summed E-state index contributed by atoms with van der Waals surface area (Å²) >= 11 is 1.94. The summed E-state index contributed by atoms with van der Waals surface area (Å²) in [5.41, 5.74) is 0.401. The normalized spacial score (nSPS) is 20.7. The van der Waals surface area contributed by atoms with Gasteiger partial charge in [-0.05, 0) is 51.2 Å². The van der Waals surface area contributed by atoms with Crippen LogP contribution in [0, 0.1) is 5.41 Å². The molecule has 3 nitrogen and oxygen atoms in total. The zero-order valence-corrected chi connectivity index (χ0v) is 15.7. The van der Waals surface area contributed by atoms with Crippen LogP contribution in [0.25, 0.3) is 0 Å². The predicted molar refractivity (Wildman–Crippen MR) is 97.4 cm³/mol. The van der Waals surface area contributed by atoms with Crippen molar-refractivity contribution in [3.8, 4) is 0 Å². The Morgan fingerprint density at radius 3 is 2.57 bits per heavy atom. The Bertz CT molecular complexity index is 318. The lowest BCUT2D eigenvalue weighted by Gasteiger charge is -2.22. The molecular weight excluding hydrogens is 278 g/mol. The summed E-state index contributed by atoms with van der Waals surface area (Å²) in [5.74, 6) is 0. The Hall–Kier alpha value is -0.220. The third-order valence-corrected chi connectivity index (χ3v) is 5.05. The molecule has 2 unspecified atom stereocenters. The first-order chi connectivity index (χ1) is 9.84. The Morgan fingerprint density at radius 2 is 2.00 bits per heavy atom. The van der Waals surface area contributed by atoms with Gasteiger partial charge < -0.3 is 10.2 Å². The van der Waals surface area contributed by atoms with E-state index in [0.29, 0.717) is 16.7 Å². The van der Waals surface area contributed by atoms with Gasteiger partial charge in [0.05, 0.1) is 6.54 Å². The highest BCUT2D eigenvalue weighted by atomic mass is 32.2. The molecule has 0 aliphatic carbocycles. The van der Waals surface area contributed by atoms with E-state index in [1.165, 1.54) is 31.0 Å². The van der Waals surface area contributed by atoms with Crippen LogP contribution in [0.2, 0.25) is 0 Å². The molecule has 0 saturated heterocycles. The zero-order valence-electron chi connectivity index (χ0n) is 14.9. The number of nitrogens with one attached hydrogen (secondary N) is 1. The number of hydrogen-bond acceptors (Lipinski definition) is 4. The third kappa shape index (κ3) is 8.10. The number of amidine groups is 1. The van der Waals surface area contributed by atoms with Gasteiger partial charge in [0.15, 0.2) is 5.17 Å². The summed E-state index contributed by atoms with van der Waals surface area (Å²) in [7, 11) is 0. The number of nitrogens with zero attached hydrogens (tertiary/aromatic N) is 2.